The van der Waals surface area contributed by atoms with E-state index in [1.54, 1.807) is 13.0 Å². The van der Waals surface area contributed by atoms with Crippen molar-refractivity contribution in [3.8, 4) is 5.95 Å². The van der Waals surface area contributed by atoms with Crippen LogP contribution in [0.25, 0.3) is 5.95 Å². The first-order valence-corrected chi connectivity index (χ1v) is 9.11. The number of aromatic nitrogens is 5. The Kier molecular flexibility index (Phi) is 6.32. The maximum Gasteiger partial charge on any atom is 0.417 e. The van der Waals surface area contributed by atoms with Gasteiger partial charge in [0.25, 0.3) is 11.9 Å². The summed E-state index contributed by atoms with van der Waals surface area (Å²) in [5.74, 6) is -0.585. The Labute approximate surface area is 173 Å². The van der Waals surface area contributed by atoms with Crippen LogP contribution in [0.5, 0.6) is 0 Å². The average Bonchev–Trinajstić information content (AvgIpc) is 3.12. The molecule has 1 unspecified atom stereocenters. The smallest absolute Gasteiger partial charge is 0.396 e. The van der Waals surface area contributed by atoms with E-state index in [1.807, 2.05) is 0 Å². The number of amides is 1. The van der Waals surface area contributed by atoms with E-state index < -0.39 is 28.7 Å². The molecule has 3 aromatic rings. The van der Waals surface area contributed by atoms with Crippen molar-refractivity contribution in [2.24, 2.45) is 0 Å². The highest BCUT2D eigenvalue weighted by atomic mass is 35.5. The van der Waals surface area contributed by atoms with Gasteiger partial charge in [-0.15, -0.1) is 5.10 Å². The molecule has 3 rings (SSSR count). The van der Waals surface area contributed by atoms with Crippen molar-refractivity contribution in [3.05, 3.63) is 64.2 Å². The van der Waals surface area contributed by atoms with Gasteiger partial charge >= 0.3 is 6.18 Å². The number of rotatable bonds is 6. The third-order valence-electron chi connectivity index (χ3n) is 4.19. The third kappa shape index (κ3) is 4.41. The first-order valence-electron chi connectivity index (χ1n) is 8.73. The molecular weight excluding hydrogens is 425 g/mol. The Morgan fingerprint density at radius 3 is 2.60 bits per heavy atom. The van der Waals surface area contributed by atoms with Gasteiger partial charge in [-0.3, -0.25) is 4.79 Å². The van der Waals surface area contributed by atoms with Crippen molar-refractivity contribution >= 4 is 17.5 Å². The second-order valence-electron chi connectivity index (χ2n) is 6.22. The predicted molar refractivity (Wildman–Crippen MR) is 100 cm³/mol. The highest BCUT2D eigenvalue weighted by Crippen LogP contribution is 2.36. The molecular formula is C18H16ClF3N6O2. The van der Waals surface area contributed by atoms with Crippen molar-refractivity contribution < 1.29 is 23.1 Å². The van der Waals surface area contributed by atoms with Crippen LogP contribution in [0.4, 0.5) is 13.2 Å². The second kappa shape index (κ2) is 8.76. The van der Waals surface area contributed by atoms with E-state index in [-0.39, 0.29) is 24.5 Å². The summed E-state index contributed by atoms with van der Waals surface area (Å²) in [5.41, 5.74) is -0.655. The Morgan fingerprint density at radius 1 is 1.27 bits per heavy atom. The zero-order valence-corrected chi connectivity index (χ0v) is 16.3. The third-order valence-corrected chi connectivity index (χ3v) is 4.60. The molecule has 0 aliphatic rings. The molecule has 0 radical (unpaired) electrons. The largest absolute Gasteiger partial charge is 0.417 e. The number of aliphatic hydroxyl groups excluding tert-OH is 1. The maximum atomic E-state index is 13.0. The van der Waals surface area contributed by atoms with Gasteiger partial charge in [0.05, 0.1) is 27.9 Å². The van der Waals surface area contributed by atoms with Crippen LogP contribution in [-0.4, -0.2) is 42.6 Å². The summed E-state index contributed by atoms with van der Waals surface area (Å²) in [4.78, 5) is 20.7. The van der Waals surface area contributed by atoms with Gasteiger partial charge in [-0.1, -0.05) is 22.9 Å². The van der Waals surface area contributed by atoms with Crippen LogP contribution in [0, 0.1) is 0 Å². The molecule has 1 atom stereocenters. The van der Waals surface area contributed by atoms with Crippen molar-refractivity contribution in [2.75, 3.05) is 6.61 Å². The summed E-state index contributed by atoms with van der Waals surface area (Å²) in [6.45, 7) is 1.35. The average molecular weight is 441 g/mol. The first kappa shape index (κ1) is 21.7. The summed E-state index contributed by atoms with van der Waals surface area (Å²) in [6.07, 6.45) is -1.53. The number of alkyl halides is 3. The van der Waals surface area contributed by atoms with Crippen LogP contribution in [0.1, 0.15) is 40.3 Å². The fourth-order valence-electron chi connectivity index (χ4n) is 2.82. The van der Waals surface area contributed by atoms with Crippen LogP contribution in [0.2, 0.25) is 5.02 Å². The lowest BCUT2D eigenvalue weighted by molar-refractivity contribution is -0.137. The van der Waals surface area contributed by atoms with Gasteiger partial charge in [0.2, 0.25) is 0 Å². The molecule has 0 saturated carbocycles. The van der Waals surface area contributed by atoms with E-state index in [0.717, 1.165) is 12.1 Å². The number of carbonyl (C=O) groups is 1. The van der Waals surface area contributed by atoms with Gasteiger partial charge < -0.3 is 10.4 Å². The molecule has 2 N–H and O–H groups in total. The number of nitrogens with one attached hydrogen (secondary N) is 1. The highest BCUT2D eigenvalue weighted by molar-refractivity contribution is 6.34. The van der Waals surface area contributed by atoms with Crippen molar-refractivity contribution in [2.45, 2.75) is 25.6 Å². The molecule has 8 nitrogen and oxygen atoms in total. The van der Waals surface area contributed by atoms with E-state index in [4.69, 9.17) is 11.6 Å². The summed E-state index contributed by atoms with van der Waals surface area (Å²) >= 11 is 5.82. The minimum absolute atomic E-state index is 0.144. The molecule has 0 bridgehead atoms. The standard InChI is InChI=1S/C18H16ClF3N6O2/c1-10(25-16(30)11-4-2-5-12(14(11)19)18(20,21)22)15-13(6-9-29)28(27-26-15)17-23-7-3-8-24-17/h2-5,7-8,10,29H,6,9H2,1H3,(H,25,30). The van der Waals surface area contributed by atoms with Crippen molar-refractivity contribution in [1.29, 1.82) is 0 Å². The molecule has 0 fully saturated rings. The fourth-order valence-corrected chi connectivity index (χ4v) is 3.14. The Bertz CT molecular complexity index is 1040. The zero-order valence-electron chi connectivity index (χ0n) is 15.6. The molecule has 0 spiro atoms. The zero-order chi connectivity index (χ0) is 21.9. The molecule has 30 heavy (non-hydrogen) atoms. The van der Waals surface area contributed by atoms with Crippen LogP contribution < -0.4 is 5.32 Å². The summed E-state index contributed by atoms with van der Waals surface area (Å²) in [6, 6.07) is 3.97. The second-order valence-corrected chi connectivity index (χ2v) is 6.59. The Morgan fingerprint density at radius 2 is 1.97 bits per heavy atom. The van der Waals surface area contributed by atoms with Crippen molar-refractivity contribution in [1.82, 2.24) is 30.3 Å². The van der Waals surface area contributed by atoms with Gasteiger partial charge in [-0.2, -0.15) is 17.9 Å². The van der Waals surface area contributed by atoms with Crippen LogP contribution >= 0.6 is 11.6 Å². The number of benzene rings is 1. The quantitative estimate of drug-likeness (QED) is 0.610. The van der Waals surface area contributed by atoms with Gasteiger partial charge in [0, 0.05) is 25.4 Å². The van der Waals surface area contributed by atoms with E-state index in [0.29, 0.717) is 11.4 Å². The highest BCUT2D eigenvalue weighted by Gasteiger charge is 2.35. The topological polar surface area (TPSA) is 106 Å². The van der Waals surface area contributed by atoms with Crippen molar-refractivity contribution in [3.63, 3.8) is 0 Å². The lowest BCUT2D eigenvalue weighted by Gasteiger charge is -2.16. The molecule has 0 saturated heterocycles. The molecule has 2 heterocycles. The number of aliphatic hydroxyl groups is 1. The van der Waals surface area contributed by atoms with Gasteiger partial charge in [0.1, 0.15) is 5.69 Å². The molecule has 158 valence electrons. The number of carbonyl (C=O) groups excluding carboxylic acids is 1. The number of hydrogen-bond acceptors (Lipinski definition) is 6. The molecule has 1 aromatic carbocycles. The fraction of sp³-hybridized carbons (Fsp3) is 0.278. The Hall–Kier alpha value is -3.05. The predicted octanol–water partition coefficient (Wildman–Crippen LogP) is 2.76. The van der Waals surface area contributed by atoms with E-state index in [2.05, 4.69) is 25.6 Å². The molecule has 12 heteroatoms. The number of hydrogen-bond donors (Lipinski definition) is 2. The van der Waals surface area contributed by atoms with Crippen LogP contribution in [0.15, 0.2) is 36.7 Å². The number of halogens is 4. The summed E-state index contributed by atoms with van der Waals surface area (Å²) in [7, 11) is 0. The van der Waals surface area contributed by atoms with Gasteiger partial charge in [0.15, 0.2) is 0 Å². The maximum absolute atomic E-state index is 13.0. The van der Waals surface area contributed by atoms with Gasteiger partial charge in [-0.05, 0) is 25.1 Å². The van der Waals surface area contributed by atoms with Gasteiger partial charge in [-0.25, -0.2) is 9.97 Å². The van der Waals surface area contributed by atoms with E-state index in [1.165, 1.54) is 23.1 Å². The monoisotopic (exact) mass is 440 g/mol. The molecule has 0 aliphatic heterocycles. The summed E-state index contributed by atoms with van der Waals surface area (Å²) < 4.78 is 40.5. The lowest BCUT2D eigenvalue weighted by Crippen LogP contribution is -2.28. The minimum Gasteiger partial charge on any atom is -0.396 e. The molecule has 1 amide bonds. The summed E-state index contributed by atoms with van der Waals surface area (Å²) in [5, 5.41) is 19.3. The molecule has 0 aliphatic carbocycles. The number of nitrogens with zero attached hydrogens (tertiary/aromatic N) is 5. The van der Waals surface area contributed by atoms with Crippen LogP contribution in [-0.2, 0) is 12.6 Å². The van der Waals surface area contributed by atoms with Crippen LogP contribution in [0.3, 0.4) is 0 Å². The molecule has 2 aromatic heterocycles. The van der Waals surface area contributed by atoms with E-state index in [9.17, 15) is 23.1 Å². The minimum atomic E-state index is -4.69. The Balaban J connectivity index is 1.89. The SMILES string of the molecule is CC(NC(=O)c1cccc(C(F)(F)F)c1Cl)c1nnn(-c2ncccn2)c1CCO. The first-order chi connectivity index (χ1) is 14.2. The normalized spacial score (nSPS) is 12.6. The van der Waals surface area contributed by atoms with E-state index >= 15 is 0 Å². The lowest BCUT2D eigenvalue weighted by atomic mass is 10.1.